The third kappa shape index (κ3) is 7.45. The van der Waals surface area contributed by atoms with E-state index in [2.05, 4.69) is 20.6 Å². The molecule has 308 valence electrons. The number of ether oxygens (including phenoxy) is 1. The maximum Gasteiger partial charge on any atom is 0.519 e. The molecule has 0 N–H and O–H groups in total. The van der Waals surface area contributed by atoms with Crippen LogP contribution in [-0.4, -0.2) is 82.8 Å². The topological polar surface area (TPSA) is 101 Å². The quantitative estimate of drug-likeness (QED) is 0.155. The molecule has 1 unspecified atom stereocenters. The van der Waals surface area contributed by atoms with Crippen LogP contribution < -0.4 is 15.5 Å². The largest absolute Gasteiger partial charge is 0.519 e. The molecular weight excluding hydrogens is 746 g/mol. The van der Waals surface area contributed by atoms with Gasteiger partial charge in [-0.25, -0.2) is 18.6 Å². The number of pyridine rings is 1. The zero-order chi connectivity index (χ0) is 41.4. The molecule has 3 aromatic heterocycles. The molecule has 7 heterocycles. The molecule has 13 heteroatoms. The molecule has 4 aliphatic heterocycles. The van der Waals surface area contributed by atoms with E-state index in [0.717, 1.165) is 51.6 Å². The van der Waals surface area contributed by atoms with Crippen molar-refractivity contribution in [3.63, 3.8) is 0 Å². The molecule has 0 radical (unpaired) electrons. The van der Waals surface area contributed by atoms with Crippen LogP contribution in [-0.2, 0) is 18.4 Å². The molecule has 58 heavy (non-hydrogen) atoms. The second kappa shape index (κ2) is 16.7. The molecule has 4 aliphatic rings. The lowest BCUT2D eigenvalue weighted by molar-refractivity contribution is 0.107. The summed E-state index contributed by atoms with van der Waals surface area (Å²) < 4.78 is 59.5. The molecule has 0 aliphatic carbocycles. The van der Waals surface area contributed by atoms with E-state index in [1.165, 1.54) is 6.07 Å². The van der Waals surface area contributed by atoms with Gasteiger partial charge in [0, 0.05) is 42.0 Å². The summed E-state index contributed by atoms with van der Waals surface area (Å²) in [6, 6.07) is 8.55. The third-order valence-electron chi connectivity index (χ3n) is 12.0. The Morgan fingerprint density at radius 3 is 2.45 bits per heavy atom. The second-order valence-electron chi connectivity index (χ2n) is 16.4. The van der Waals surface area contributed by atoms with E-state index in [-0.39, 0.29) is 39.8 Å². The highest BCUT2D eigenvalue weighted by Crippen LogP contribution is 2.42. The number of hydrogen-bond donors (Lipinski definition) is 0. The maximum absolute atomic E-state index is 17.3. The zero-order valence-electron chi connectivity index (χ0n) is 34.4. The molecule has 0 spiro atoms. The van der Waals surface area contributed by atoms with E-state index < -0.39 is 17.5 Å². The Labute approximate surface area is 337 Å². The van der Waals surface area contributed by atoms with Crippen molar-refractivity contribution in [2.45, 2.75) is 103 Å². The van der Waals surface area contributed by atoms with Crippen LogP contribution in [0.15, 0.2) is 44.0 Å². The van der Waals surface area contributed by atoms with Gasteiger partial charge in [-0.05, 0) is 69.5 Å². The molecule has 0 bridgehead atoms. The smallest absolute Gasteiger partial charge is 0.461 e. The molecule has 9 rings (SSSR count). The minimum Gasteiger partial charge on any atom is -0.461 e. The van der Waals surface area contributed by atoms with Crippen LogP contribution in [0.25, 0.3) is 32.9 Å². The van der Waals surface area contributed by atoms with Gasteiger partial charge in [0.15, 0.2) is 17.3 Å². The van der Waals surface area contributed by atoms with Crippen LogP contribution in [0.3, 0.4) is 0 Å². The Bertz CT molecular complexity index is 2390. The first kappa shape index (κ1) is 41.2. The molecular formula is C45H53F3N6O4. The van der Waals surface area contributed by atoms with Crippen LogP contribution in [0.1, 0.15) is 95.9 Å². The van der Waals surface area contributed by atoms with Crippen molar-refractivity contribution in [2.24, 2.45) is 0 Å². The number of fused-ring (bicyclic) bond motifs is 4. The van der Waals surface area contributed by atoms with Gasteiger partial charge in [0.2, 0.25) is 0 Å². The minimum atomic E-state index is -0.692. The summed E-state index contributed by atoms with van der Waals surface area (Å²) in [6.45, 7) is 14.9. The van der Waals surface area contributed by atoms with E-state index in [9.17, 15) is 9.18 Å². The number of nitrogens with zero attached hydrogens (tertiary/aromatic N) is 6. The summed E-state index contributed by atoms with van der Waals surface area (Å²) in [6.07, 6.45) is 12.3. The van der Waals surface area contributed by atoms with Gasteiger partial charge >= 0.3 is 11.8 Å². The maximum atomic E-state index is 17.3. The molecule has 5 aromatic rings. The van der Waals surface area contributed by atoms with Crippen LogP contribution in [0.5, 0.6) is 6.01 Å². The molecule has 0 saturated carbocycles. The van der Waals surface area contributed by atoms with Crippen molar-refractivity contribution in [2.75, 3.05) is 51.4 Å². The van der Waals surface area contributed by atoms with Crippen molar-refractivity contribution in [1.82, 2.24) is 24.8 Å². The van der Waals surface area contributed by atoms with Crippen molar-refractivity contribution in [3.05, 3.63) is 75.4 Å². The number of rotatable bonds is 6. The van der Waals surface area contributed by atoms with E-state index in [4.69, 9.17) is 34.9 Å². The summed E-state index contributed by atoms with van der Waals surface area (Å²) in [5.41, 5.74) is 0.942. The Balaban J connectivity index is 0.00000124. The summed E-state index contributed by atoms with van der Waals surface area (Å²) in [5, 5.41) is 1.71. The summed E-state index contributed by atoms with van der Waals surface area (Å²) >= 11 is 0. The normalized spacial score (nSPS) is 19.0. The first-order valence-electron chi connectivity index (χ1n) is 20.5. The predicted octanol–water partition coefficient (Wildman–Crippen LogP) is 8.59. The number of hydrogen-bond acceptors (Lipinski definition) is 10. The molecule has 1 atom stereocenters. The van der Waals surface area contributed by atoms with Gasteiger partial charge in [-0.15, -0.1) is 6.42 Å². The van der Waals surface area contributed by atoms with Gasteiger partial charge in [0.1, 0.15) is 29.5 Å². The zero-order valence-corrected chi connectivity index (χ0v) is 34.4. The lowest BCUT2D eigenvalue weighted by Crippen LogP contribution is -2.53. The second-order valence-corrected chi connectivity index (χ2v) is 16.4. The fourth-order valence-corrected chi connectivity index (χ4v) is 9.47. The molecule has 0 amide bonds. The molecule has 3 fully saturated rings. The predicted molar refractivity (Wildman–Crippen MR) is 220 cm³/mol. The van der Waals surface area contributed by atoms with Crippen molar-refractivity contribution < 1.29 is 26.7 Å². The van der Waals surface area contributed by atoms with Crippen LogP contribution in [0, 0.1) is 24.0 Å². The number of halogens is 3. The summed E-state index contributed by atoms with van der Waals surface area (Å²) in [5.74, 6) is 2.35. The summed E-state index contributed by atoms with van der Waals surface area (Å²) in [7, 11) is 0.500. The standard InChI is InChI=1S/C42H44F2N6O4.C2H6.CH3F/c1-5-27-29(43)15-14-25-10-6-12-28(32(25)27)35-34(44)36-33-30(45-35)13-7-11-26-22-48(23-31-37(41(2,3)4)54-40(51)53-31)20-21-50(26)38(33)47-39(46-36)52-24-42-16-8-18-49(42)19-9-17-42;2*1-2/h1,6,10,12,14-15,26H,7-9,11,13,16-24H2,2-4H3;1-2H3;1H3. The number of terminal acetylenes is 1. The van der Waals surface area contributed by atoms with Crippen LogP contribution in [0.2, 0.25) is 0 Å². The number of alkyl halides is 1. The highest BCUT2D eigenvalue weighted by molar-refractivity contribution is 6.02. The highest BCUT2D eigenvalue weighted by atomic mass is 19.1. The van der Waals surface area contributed by atoms with E-state index >= 15 is 8.78 Å². The minimum absolute atomic E-state index is 0.0373. The number of piperazine rings is 1. The third-order valence-corrected chi connectivity index (χ3v) is 12.0. The Morgan fingerprint density at radius 1 is 0.966 bits per heavy atom. The lowest BCUT2D eigenvalue weighted by atomic mass is 9.92. The highest BCUT2D eigenvalue weighted by Gasteiger charge is 2.45. The molecule has 10 nitrogen and oxygen atoms in total. The monoisotopic (exact) mass is 798 g/mol. The molecule has 3 saturated heterocycles. The van der Waals surface area contributed by atoms with E-state index in [1.807, 2.05) is 40.7 Å². The van der Waals surface area contributed by atoms with Crippen molar-refractivity contribution in [3.8, 4) is 29.6 Å². The van der Waals surface area contributed by atoms with Gasteiger partial charge in [0.25, 0.3) is 0 Å². The number of benzene rings is 2. The number of aromatic nitrogens is 3. The SMILES string of the molecule is C#Cc1c(F)ccc2cccc(-c3nc4c5c(nc(OCC67CCCN6CCC7)nc5c3F)N3CCN(Cc5oc(=O)oc5C(C)(C)C)CC3CCC4)c12.CC.CF. The Hall–Kier alpha value is -4.93. The van der Waals surface area contributed by atoms with Crippen LogP contribution >= 0.6 is 0 Å². The number of aryl methyl sites for hydroxylation is 1. The first-order valence-corrected chi connectivity index (χ1v) is 20.5. The van der Waals surface area contributed by atoms with Gasteiger partial charge in [-0.1, -0.05) is 64.8 Å². The Kier molecular flexibility index (Phi) is 11.9. The summed E-state index contributed by atoms with van der Waals surface area (Å²) in [4.78, 5) is 34.1. The van der Waals surface area contributed by atoms with Crippen LogP contribution in [0.4, 0.5) is 19.0 Å². The van der Waals surface area contributed by atoms with Gasteiger partial charge in [-0.2, -0.15) is 9.97 Å². The average molecular weight is 799 g/mol. The van der Waals surface area contributed by atoms with Gasteiger partial charge in [-0.3, -0.25) is 14.2 Å². The fraction of sp³-hybridized carbons (Fsp3) is 0.511. The Morgan fingerprint density at radius 2 is 1.72 bits per heavy atom. The first-order chi connectivity index (χ1) is 28.0. The van der Waals surface area contributed by atoms with Crippen molar-refractivity contribution >= 4 is 27.5 Å². The van der Waals surface area contributed by atoms with Gasteiger partial charge in [0.05, 0.1) is 35.9 Å². The lowest BCUT2D eigenvalue weighted by Gasteiger charge is -2.43. The van der Waals surface area contributed by atoms with E-state index in [0.29, 0.717) is 91.1 Å². The number of anilines is 1. The fourth-order valence-electron chi connectivity index (χ4n) is 9.47. The van der Waals surface area contributed by atoms with Gasteiger partial charge < -0.3 is 18.5 Å². The van der Waals surface area contributed by atoms with E-state index in [1.54, 1.807) is 18.2 Å². The molecule has 2 aromatic carbocycles. The average Bonchev–Trinajstić information content (AvgIpc) is 3.93. The van der Waals surface area contributed by atoms with Crippen molar-refractivity contribution in [1.29, 1.82) is 0 Å².